The fourth-order valence-corrected chi connectivity index (χ4v) is 4.15. The third kappa shape index (κ3) is 4.14. The highest BCUT2D eigenvalue weighted by Crippen LogP contribution is 2.29. The molecule has 1 N–H and O–H groups in total. The molecule has 28 heavy (non-hydrogen) atoms. The van der Waals surface area contributed by atoms with Crippen LogP contribution < -0.4 is 10.2 Å². The van der Waals surface area contributed by atoms with Crippen LogP contribution in [0.3, 0.4) is 0 Å². The predicted molar refractivity (Wildman–Crippen MR) is 117 cm³/mol. The number of benzene rings is 2. The zero-order chi connectivity index (χ0) is 19.3. The van der Waals surface area contributed by atoms with E-state index in [2.05, 4.69) is 70.7 Å². The van der Waals surface area contributed by atoms with Gasteiger partial charge in [0.15, 0.2) is 0 Å². The molecule has 2 aromatic carbocycles. The molecule has 1 fully saturated rings. The van der Waals surface area contributed by atoms with Gasteiger partial charge in [0, 0.05) is 30.7 Å². The van der Waals surface area contributed by atoms with Gasteiger partial charge in [0.1, 0.15) is 6.61 Å². The van der Waals surface area contributed by atoms with Gasteiger partial charge in [-0.3, -0.25) is 0 Å². The molecule has 5 nitrogen and oxygen atoms in total. The van der Waals surface area contributed by atoms with Gasteiger partial charge in [-0.05, 0) is 44.3 Å². The van der Waals surface area contributed by atoms with Crippen LogP contribution in [0.4, 0.5) is 5.69 Å². The minimum atomic E-state index is 0.492. The zero-order valence-electron chi connectivity index (χ0n) is 16.9. The van der Waals surface area contributed by atoms with E-state index in [-0.39, 0.29) is 0 Å². The number of hydrogen-bond acceptors (Lipinski definition) is 4. The number of fused-ring (bicyclic) bond motifs is 1. The lowest BCUT2D eigenvalue weighted by Gasteiger charge is -2.29. The van der Waals surface area contributed by atoms with Crippen molar-refractivity contribution in [3.8, 4) is 0 Å². The van der Waals surface area contributed by atoms with Gasteiger partial charge in [0.25, 0.3) is 6.02 Å². The number of anilines is 1. The number of hydrogen-bond donors (Lipinski definition) is 1. The number of nitrogens with one attached hydrogen (secondary N) is 1. The number of rotatable bonds is 4. The van der Waals surface area contributed by atoms with E-state index in [1.54, 1.807) is 0 Å². The standard InChI is InChI=1S/C23H30N4O/c1-24-23(28-17-20-11-7-14-26(20)2)25-19-10-6-15-27(16-19)22-13-5-9-18-8-3-4-12-21(18)22/h3-5,8-10,12-13,20H,6-7,11,14-17H2,1-2H3,(H,24,25)/t20-/m0/s1. The summed E-state index contributed by atoms with van der Waals surface area (Å²) in [5.41, 5.74) is 2.33. The number of nitrogens with zero attached hydrogens (tertiary/aromatic N) is 3. The van der Waals surface area contributed by atoms with Crippen LogP contribution in [-0.2, 0) is 4.74 Å². The van der Waals surface area contributed by atoms with Gasteiger partial charge in [-0.2, -0.15) is 0 Å². The molecule has 2 heterocycles. The van der Waals surface area contributed by atoms with Gasteiger partial charge in [0.2, 0.25) is 0 Å². The van der Waals surface area contributed by atoms with Crippen LogP contribution in [-0.4, -0.2) is 57.3 Å². The lowest BCUT2D eigenvalue weighted by molar-refractivity contribution is 0.184. The maximum Gasteiger partial charge on any atom is 0.289 e. The molecular formula is C23H30N4O. The number of aliphatic imine (C=N–C) groups is 1. The Morgan fingerprint density at radius 3 is 2.86 bits per heavy atom. The topological polar surface area (TPSA) is 40.1 Å². The quantitative estimate of drug-likeness (QED) is 0.652. The average molecular weight is 379 g/mol. The molecular weight excluding hydrogens is 348 g/mol. The summed E-state index contributed by atoms with van der Waals surface area (Å²) >= 11 is 0. The molecule has 0 unspecified atom stereocenters. The van der Waals surface area contributed by atoms with Crippen LogP contribution in [0.2, 0.25) is 0 Å². The summed E-state index contributed by atoms with van der Waals surface area (Å²) in [6.45, 7) is 3.66. The Kier molecular flexibility index (Phi) is 5.81. The maximum absolute atomic E-state index is 6.00. The summed E-state index contributed by atoms with van der Waals surface area (Å²) in [6, 6.07) is 16.2. The van der Waals surface area contributed by atoms with Gasteiger partial charge in [-0.1, -0.05) is 42.5 Å². The molecule has 0 amide bonds. The molecule has 0 aliphatic carbocycles. The molecule has 0 saturated carbocycles. The van der Waals surface area contributed by atoms with Crippen molar-refractivity contribution in [3.63, 3.8) is 0 Å². The summed E-state index contributed by atoms with van der Waals surface area (Å²) in [7, 11) is 4.05. The fraction of sp³-hybridized carbons (Fsp3) is 0.435. The summed E-state index contributed by atoms with van der Waals surface area (Å²) in [5, 5.41) is 5.70. The van der Waals surface area contributed by atoms with Crippen LogP contribution >= 0.6 is 0 Å². The number of likely N-dealkylation sites (tertiary alicyclic amines) is 1. The third-order valence-corrected chi connectivity index (χ3v) is 5.78. The minimum absolute atomic E-state index is 0.492. The highest BCUT2D eigenvalue weighted by atomic mass is 16.5. The summed E-state index contributed by atoms with van der Waals surface area (Å²) in [5.74, 6) is 0. The van der Waals surface area contributed by atoms with Gasteiger partial charge in [-0.15, -0.1) is 0 Å². The van der Waals surface area contributed by atoms with Crippen LogP contribution in [0, 0.1) is 0 Å². The van der Waals surface area contributed by atoms with E-state index in [9.17, 15) is 0 Å². The van der Waals surface area contributed by atoms with E-state index < -0.39 is 0 Å². The van der Waals surface area contributed by atoms with Crippen molar-refractivity contribution in [1.82, 2.24) is 10.2 Å². The molecule has 2 aliphatic rings. The first-order valence-electron chi connectivity index (χ1n) is 10.3. The normalized spacial score (nSPS) is 21.1. The molecule has 0 radical (unpaired) electrons. The van der Waals surface area contributed by atoms with E-state index in [0.717, 1.165) is 31.8 Å². The van der Waals surface area contributed by atoms with Crippen LogP contribution in [0.15, 0.2) is 59.2 Å². The lowest BCUT2D eigenvalue weighted by Crippen LogP contribution is -2.34. The van der Waals surface area contributed by atoms with Crippen molar-refractivity contribution in [2.45, 2.75) is 25.3 Å². The minimum Gasteiger partial charge on any atom is -0.463 e. The van der Waals surface area contributed by atoms with Crippen molar-refractivity contribution in [2.24, 2.45) is 4.99 Å². The molecule has 0 spiro atoms. The smallest absolute Gasteiger partial charge is 0.289 e. The second-order valence-corrected chi connectivity index (χ2v) is 7.66. The molecule has 1 atom stereocenters. The van der Waals surface area contributed by atoms with E-state index >= 15 is 0 Å². The second-order valence-electron chi connectivity index (χ2n) is 7.66. The number of ether oxygens (including phenoxy) is 1. The van der Waals surface area contributed by atoms with Crippen LogP contribution in [0.25, 0.3) is 10.8 Å². The zero-order valence-corrected chi connectivity index (χ0v) is 16.9. The van der Waals surface area contributed by atoms with Crippen LogP contribution in [0.1, 0.15) is 19.3 Å². The Morgan fingerprint density at radius 2 is 2.04 bits per heavy atom. The van der Waals surface area contributed by atoms with E-state index in [1.165, 1.54) is 29.3 Å². The molecule has 2 aromatic rings. The van der Waals surface area contributed by atoms with Gasteiger partial charge in [-0.25, -0.2) is 4.99 Å². The SMILES string of the molecule is CN/C(=N\C1=CCCN(c2cccc3ccccc23)C1)OC[C@@H]1CCCN1C. The van der Waals surface area contributed by atoms with Gasteiger partial charge < -0.3 is 19.9 Å². The Morgan fingerprint density at radius 1 is 1.18 bits per heavy atom. The van der Waals surface area contributed by atoms with Crippen molar-refractivity contribution in [3.05, 3.63) is 54.2 Å². The van der Waals surface area contributed by atoms with Crippen LogP contribution in [0.5, 0.6) is 0 Å². The second kappa shape index (κ2) is 8.65. The van der Waals surface area contributed by atoms with Crippen molar-refractivity contribution < 1.29 is 4.74 Å². The lowest BCUT2D eigenvalue weighted by atomic mass is 10.1. The summed E-state index contributed by atoms with van der Waals surface area (Å²) < 4.78 is 6.00. The first-order valence-corrected chi connectivity index (χ1v) is 10.3. The Labute approximate surface area is 167 Å². The molecule has 5 heteroatoms. The van der Waals surface area contributed by atoms with E-state index in [0.29, 0.717) is 18.7 Å². The van der Waals surface area contributed by atoms with Gasteiger partial charge >= 0.3 is 0 Å². The molecule has 0 bridgehead atoms. The van der Waals surface area contributed by atoms with E-state index in [4.69, 9.17) is 9.73 Å². The molecule has 4 rings (SSSR count). The number of likely N-dealkylation sites (N-methyl/N-ethyl adjacent to an activating group) is 1. The van der Waals surface area contributed by atoms with Crippen molar-refractivity contribution in [2.75, 3.05) is 45.2 Å². The van der Waals surface area contributed by atoms with Crippen molar-refractivity contribution >= 4 is 22.5 Å². The fourth-order valence-electron chi connectivity index (χ4n) is 4.15. The predicted octanol–water partition coefficient (Wildman–Crippen LogP) is 3.62. The molecule has 1 saturated heterocycles. The van der Waals surface area contributed by atoms with Gasteiger partial charge in [0.05, 0.1) is 12.2 Å². The largest absolute Gasteiger partial charge is 0.463 e. The average Bonchev–Trinajstić information content (AvgIpc) is 3.15. The Bertz CT molecular complexity index is 871. The molecule has 2 aliphatic heterocycles. The highest BCUT2D eigenvalue weighted by molar-refractivity contribution is 5.94. The monoisotopic (exact) mass is 378 g/mol. The van der Waals surface area contributed by atoms with Crippen molar-refractivity contribution in [1.29, 1.82) is 0 Å². The number of amidine groups is 1. The Balaban J connectivity index is 1.46. The summed E-state index contributed by atoms with van der Waals surface area (Å²) in [4.78, 5) is 9.57. The third-order valence-electron chi connectivity index (χ3n) is 5.78. The summed E-state index contributed by atoms with van der Waals surface area (Å²) in [6.07, 6.45) is 5.67. The first-order chi connectivity index (χ1) is 13.7. The van der Waals surface area contributed by atoms with E-state index in [1.807, 2.05) is 7.05 Å². The highest BCUT2D eigenvalue weighted by Gasteiger charge is 2.22. The first kappa shape index (κ1) is 18.8. The Hall–Kier alpha value is -2.53. The maximum atomic E-state index is 6.00. The molecule has 0 aromatic heterocycles. The molecule has 148 valence electrons.